The Balaban J connectivity index is 1.72. The number of hydrogen-bond acceptors (Lipinski definition) is 2. The predicted molar refractivity (Wildman–Crippen MR) is 82.7 cm³/mol. The van der Waals surface area contributed by atoms with E-state index >= 15 is 0 Å². The Labute approximate surface area is 128 Å². The molecule has 5 atom stereocenters. The van der Waals surface area contributed by atoms with Gasteiger partial charge < -0.3 is 5.11 Å². The molecule has 21 heavy (non-hydrogen) atoms. The first-order valence-corrected chi connectivity index (χ1v) is 8.94. The van der Waals surface area contributed by atoms with E-state index in [2.05, 4.69) is 6.92 Å². The number of ketones is 1. The van der Waals surface area contributed by atoms with E-state index < -0.39 is 0 Å². The second kappa shape index (κ2) is 4.68. The molecule has 3 saturated carbocycles. The zero-order chi connectivity index (χ0) is 14.7. The van der Waals surface area contributed by atoms with Gasteiger partial charge in [0.15, 0.2) is 5.78 Å². The second-order valence-corrected chi connectivity index (χ2v) is 8.45. The van der Waals surface area contributed by atoms with Gasteiger partial charge in [0.05, 0.1) is 6.61 Å². The molecule has 4 rings (SSSR count). The van der Waals surface area contributed by atoms with E-state index in [0.717, 1.165) is 24.7 Å². The summed E-state index contributed by atoms with van der Waals surface area (Å²) < 4.78 is 0. The van der Waals surface area contributed by atoms with E-state index in [0.29, 0.717) is 17.8 Å². The summed E-state index contributed by atoms with van der Waals surface area (Å²) >= 11 is 0. The van der Waals surface area contributed by atoms with Crippen LogP contribution in [0.3, 0.4) is 0 Å². The number of aliphatic hydroxyl groups is 1. The molecule has 4 aliphatic carbocycles. The molecule has 0 spiro atoms. The predicted octanol–water partition coefficient (Wildman–Crippen LogP) is 3.88. The highest BCUT2D eigenvalue weighted by molar-refractivity contribution is 5.91. The summed E-state index contributed by atoms with van der Waals surface area (Å²) in [4.78, 5) is 11.8. The Morgan fingerprint density at radius 3 is 2.81 bits per heavy atom. The van der Waals surface area contributed by atoms with Crippen molar-refractivity contribution >= 4 is 5.78 Å². The van der Waals surface area contributed by atoms with Crippen LogP contribution < -0.4 is 0 Å². The molecule has 0 unspecified atom stereocenters. The molecule has 0 bridgehead atoms. The first-order chi connectivity index (χ1) is 10.1. The van der Waals surface area contributed by atoms with E-state index in [1.807, 2.05) is 6.08 Å². The molecule has 3 fully saturated rings. The van der Waals surface area contributed by atoms with E-state index in [4.69, 9.17) is 0 Å². The Morgan fingerprint density at radius 1 is 1.14 bits per heavy atom. The van der Waals surface area contributed by atoms with Gasteiger partial charge >= 0.3 is 0 Å². The third-order valence-corrected chi connectivity index (χ3v) is 7.75. The van der Waals surface area contributed by atoms with Crippen molar-refractivity contribution < 1.29 is 9.90 Å². The Bertz CT molecular complexity index is 494. The third kappa shape index (κ3) is 1.84. The van der Waals surface area contributed by atoms with Gasteiger partial charge in [-0.15, -0.1) is 0 Å². The highest BCUT2D eigenvalue weighted by atomic mass is 16.3. The Morgan fingerprint density at radius 2 is 2.00 bits per heavy atom. The average molecular weight is 288 g/mol. The van der Waals surface area contributed by atoms with Gasteiger partial charge in [0.25, 0.3) is 0 Å². The van der Waals surface area contributed by atoms with Crippen LogP contribution in [0.15, 0.2) is 11.6 Å². The maximum atomic E-state index is 11.8. The molecule has 0 amide bonds. The summed E-state index contributed by atoms with van der Waals surface area (Å²) in [5.41, 5.74) is 1.83. The number of aliphatic hydroxyl groups excluding tert-OH is 1. The minimum atomic E-state index is -0.0409. The van der Waals surface area contributed by atoms with Crippen LogP contribution in [0.25, 0.3) is 0 Å². The maximum Gasteiger partial charge on any atom is 0.155 e. The SMILES string of the molecule is C[C@@]12CCC[C@H]1[C@@H]1CCC3=CC(=O)CC[C@]3(CO)[C@@H]1CC2. The Kier molecular flexibility index (Phi) is 3.12. The fraction of sp³-hybridized carbons (Fsp3) is 0.842. The van der Waals surface area contributed by atoms with Gasteiger partial charge in [0, 0.05) is 11.8 Å². The molecule has 2 heteroatoms. The number of fused-ring (bicyclic) bond motifs is 5. The van der Waals surface area contributed by atoms with Crippen LogP contribution in [0.4, 0.5) is 0 Å². The van der Waals surface area contributed by atoms with E-state index in [-0.39, 0.29) is 17.8 Å². The molecule has 1 N–H and O–H groups in total. The third-order valence-electron chi connectivity index (χ3n) is 7.75. The quantitative estimate of drug-likeness (QED) is 0.795. The standard InChI is InChI=1S/C19H28O2/c1-18-8-2-3-16(18)15-5-4-13-11-14(21)6-10-19(13,12-20)17(15)7-9-18/h11,15-17,20H,2-10,12H2,1H3/t15-,16-,17+,18-,19+/m0/s1. The highest BCUT2D eigenvalue weighted by Gasteiger charge is 2.57. The molecule has 0 aliphatic heterocycles. The van der Waals surface area contributed by atoms with E-state index in [9.17, 15) is 9.90 Å². The van der Waals surface area contributed by atoms with Gasteiger partial charge in [-0.3, -0.25) is 4.79 Å². The molecule has 0 aromatic rings. The van der Waals surface area contributed by atoms with Crippen molar-refractivity contribution in [1.29, 1.82) is 0 Å². The zero-order valence-corrected chi connectivity index (χ0v) is 13.2. The van der Waals surface area contributed by atoms with Crippen LogP contribution in [-0.4, -0.2) is 17.5 Å². The summed E-state index contributed by atoms with van der Waals surface area (Å²) in [6, 6.07) is 0. The zero-order valence-electron chi connectivity index (χ0n) is 13.2. The second-order valence-electron chi connectivity index (χ2n) is 8.45. The van der Waals surface area contributed by atoms with Crippen molar-refractivity contribution in [3.8, 4) is 0 Å². The van der Waals surface area contributed by atoms with Crippen LogP contribution in [-0.2, 0) is 4.79 Å². The van der Waals surface area contributed by atoms with Crippen LogP contribution in [0.5, 0.6) is 0 Å². The maximum absolute atomic E-state index is 11.8. The minimum absolute atomic E-state index is 0.0409. The molecule has 4 aliphatic rings. The van der Waals surface area contributed by atoms with Gasteiger partial charge in [-0.25, -0.2) is 0 Å². The lowest BCUT2D eigenvalue weighted by Gasteiger charge is -2.57. The average Bonchev–Trinajstić information content (AvgIpc) is 2.88. The first-order valence-electron chi connectivity index (χ1n) is 8.94. The smallest absolute Gasteiger partial charge is 0.155 e. The normalized spacial score (nSPS) is 49.1. The largest absolute Gasteiger partial charge is 0.395 e. The number of carbonyl (C=O) groups is 1. The number of carbonyl (C=O) groups excluding carboxylic acids is 1. The molecule has 0 heterocycles. The van der Waals surface area contributed by atoms with Crippen molar-refractivity contribution in [1.82, 2.24) is 0 Å². The van der Waals surface area contributed by atoms with Gasteiger partial charge in [-0.05, 0) is 74.2 Å². The molecule has 0 saturated heterocycles. The summed E-state index contributed by atoms with van der Waals surface area (Å²) in [7, 11) is 0. The molecule has 0 aromatic carbocycles. The molecular formula is C19H28O2. The Hall–Kier alpha value is -0.630. The summed E-state index contributed by atoms with van der Waals surface area (Å²) in [6.07, 6.45) is 12.6. The molecular weight excluding hydrogens is 260 g/mol. The lowest BCUT2D eigenvalue weighted by atomic mass is 9.47. The fourth-order valence-electron chi connectivity index (χ4n) is 6.65. The molecule has 2 nitrogen and oxygen atoms in total. The fourth-order valence-corrected chi connectivity index (χ4v) is 6.65. The first kappa shape index (κ1) is 14.0. The number of hydrogen-bond donors (Lipinski definition) is 1. The van der Waals surface area contributed by atoms with Crippen LogP contribution in [0, 0.1) is 28.6 Å². The van der Waals surface area contributed by atoms with Crippen molar-refractivity contribution in [2.75, 3.05) is 6.61 Å². The van der Waals surface area contributed by atoms with Crippen molar-refractivity contribution in [3.63, 3.8) is 0 Å². The van der Waals surface area contributed by atoms with Crippen LogP contribution in [0.1, 0.15) is 64.7 Å². The molecule has 0 aromatic heterocycles. The lowest BCUT2D eigenvalue weighted by Crippen LogP contribution is -2.52. The van der Waals surface area contributed by atoms with Gasteiger partial charge in [-0.2, -0.15) is 0 Å². The van der Waals surface area contributed by atoms with Crippen molar-refractivity contribution in [3.05, 3.63) is 11.6 Å². The summed E-state index contributed by atoms with van der Waals surface area (Å²) in [6.45, 7) is 2.78. The van der Waals surface area contributed by atoms with Gasteiger partial charge in [-0.1, -0.05) is 18.9 Å². The van der Waals surface area contributed by atoms with Crippen LogP contribution in [0.2, 0.25) is 0 Å². The summed E-state index contributed by atoms with van der Waals surface area (Å²) in [5.74, 6) is 2.59. The highest BCUT2D eigenvalue weighted by Crippen LogP contribution is 2.65. The minimum Gasteiger partial charge on any atom is -0.395 e. The van der Waals surface area contributed by atoms with E-state index in [1.54, 1.807) is 0 Å². The van der Waals surface area contributed by atoms with Crippen molar-refractivity contribution in [2.24, 2.45) is 28.6 Å². The topological polar surface area (TPSA) is 37.3 Å². The molecule has 0 radical (unpaired) electrons. The lowest BCUT2D eigenvalue weighted by molar-refractivity contribution is -0.118. The van der Waals surface area contributed by atoms with Crippen LogP contribution >= 0.6 is 0 Å². The summed E-state index contributed by atoms with van der Waals surface area (Å²) in [5, 5.41) is 10.3. The van der Waals surface area contributed by atoms with Crippen molar-refractivity contribution in [2.45, 2.75) is 64.7 Å². The van der Waals surface area contributed by atoms with Gasteiger partial charge in [0.1, 0.15) is 0 Å². The van der Waals surface area contributed by atoms with Gasteiger partial charge in [0.2, 0.25) is 0 Å². The number of rotatable bonds is 1. The van der Waals surface area contributed by atoms with E-state index in [1.165, 1.54) is 44.1 Å². The monoisotopic (exact) mass is 288 g/mol. The molecule has 116 valence electrons.